The molecule has 1 aromatic heterocycles. The minimum Gasteiger partial charge on any atom is -0.497 e. The lowest BCUT2D eigenvalue weighted by molar-refractivity contribution is 0.415. The molecule has 0 fully saturated rings. The van der Waals surface area contributed by atoms with Gasteiger partial charge in [-0.25, -0.2) is 0 Å². The normalized spacial score (nSPS) is 10.8. The van der Waals surface area contributed by atoms with Crippen molar-refractivity contribution in [2.24, 2.45) is 7.05 Å². The van der Waals surface area contributed by atoms with Crippen molar-refractivity contribution in [1.29, 1.82) is 0 Å². The van der Waals surface area contributed by atoms with E-state index in [2.05, 4.69) is 16.7 Å². The first-order valence-corrected chi connectivity index (χ1v) is 6.43. The highest BCUT2D eigenvalue weighted by atomic mass is 16.5. The van der Waals surface area contributed by atoms with Crippen molar-refractivity contribution in [2.45, 2.75) is 0 Å². The monoisotopic (exact) mass is 266 g/mol. The minimum absolute atomic E-state index is 0.848. The average molecular weight is 266 g/mol. The van der Waals surface area contributed by atoms with Crippen molar-refractivity contribution in [2.75, 3.05) is 14.2 Å². The molecule has 0 aliphatic rings. The molecule has 0 bridgehead atoms. The van der Waals surface area contributed by atoms with Gasteiger partial charge in [-0.05, 0) is 48.0 Å². The highest BCUT2D eigenvalue weighted by molar-refractivity contribution is 5.87. The summed E-state index contributed by atoms with van der Waals surface area (Å²) in [5, 5.41) is 1.05. The fourth-order valence-corrected chi connectivity index (χ4v) is 2.38. The first-order chi connectivity index (χ1) is 9.72. The zero-order valence-corrected chi connectivity index (χ0v) is 11.8. The van der Waals surface area contributed by atoms with Gasteiger partial charge < -0.3 is 14.0 Å². The van der Waals surface area contributed by atoms with E-state index in [4.69, 9.17) is 9.47 Å². The molecular formula is C17H16NO2. The third kappa shape index (κ3) is 2.01. The lowest BCUT2D eigenvalue weighted by Crippen LogP contribution is -1.91. The Labute approximate surface area is 118 Å². The maximum atomic E-state index is 5.26. The van der Waals surface area contributed by atoms with Crippen molar-refractivity contribution in [1.82, 2.24) is 4.57 Å². The summed E-state index contributed by atoms with van der Waals surface area (Å²) in [5.74, 6) is 1.70. The Bertz CT molecular complexity index is 742. The van der Waals surface area contributed by atoms with Gasteiger partial charge in [-0.2, -0.15) is 0 Å². The molecule has 3 aromatic rings. The van der Waals surface area contributed by atoms with Crippen LogP contribution in [-0.2, 0) is 7.05 Å². The maximum Gasteiger partial charge on any atom is 0.119 e. The standard InChI is InChI=1S/C17H16NO2/c1-18-16-9-8-15(20-3)10-13(16)11-17(18)12-4-6-14(19-2)7-5-12/h4-10H,1-3H3. The molecule has 3 heteroatoms. The summed E-state index contributed by atoms with van der Waals surface area (Å²) in [6.07, 6.45) is 0. The summed E-state index contributed by atoms with van der Waals surface area (Å²) in [7, 11) is 5.39. The lowest BCUT2D eigenvalue weighted by atomic mass is 10.1. The lowest BCUT2D eigenvalue weighted by Gasteiger charge is -2.05. The summed E-state index contributed by atoms with van der Waals surface area (Å²) in [6.45, 7) is 0. The first-order valence-electron chi connectivity index (χ1n) is 6.43. The van der Waals surface area contributed by atoms with Gasteiger partial charge in [-0.3, -0.25) is 0 Å². The van der Waals surface area contributed by atoms with E-state index < -0.39 is 0 Å². The molecule has 20 heavy (non-hydrogen) atoms. The van der Waals surface area contributed by atoms with Gasteiger partial charge in [0.05, 0.1) is 19.9 Å². The number of fused-ring (bicyclic) bond motifs is 1. The van der Waals surface area contributed by atoms with Crippen molar-refractivity contribution < 1.29 is 9.47 Å². The Kier molecular flexibility index (Phi) is 3.11. The van der Waals surface area contributed by atoms with Crippen LogP contribution in [-0.4, -0.2) is 18.8 Å². The van der Waals surface area contributed by atoms with E-state index in [9.17, 15) is 0 Å². The van der Waals surface area contributed by atoms with Gasteiger partial charge in [0.15, 0.2) is 0 Å². The largest absolute Gasteiger partial charge is 0.497 e. The van der Waals surface area contributed by atoms with Crippen LogP contribution in [0.5, 0.6) is 11.5 Å². The van der Waals surface area contributed by atoms with Crippen LogP contribution in [0.2, 0.25) is 0 Å². The molecule has 3 rings (SSSR count). The van der Waals surface area contributed by atoms with Crippen LogP contribution in [0.15, 0.2) is 42.5 Å². The van der Waals surface area contributed by atoms with E-state index in [0.717, 1.165) is 33.7 Å². The van der Waals surface area contributed by atoms with Gasteiger partial charge in [-0.1, -0.05) is 0 Å². The Morgan fingerprint density at radius 2 is 1.55 bits per heavy atom. The number of aryl methyl sites for hydroxylation is 1. The predicted molar refractivity (Wildman–Crippen MR) is 80.3 cm³/mol. The van der Waals surface area contributed by atoms with Gasteiger partial charge >= 0.3 is 0 Å². The number of aromatic nitrogens is 1. The van der Waals surface area contributed by atoms with Crippen LogP contribution in [0.25, 0.3) is 22.2 Å². The number of hydrogen-bond donors (Lipinski definition) is 0. The Balaban J connectivity index is 2.12. The molecule has 1 radical (unpaired) electrons. The minimum atomic E-state index is 0.848. The molecule has 2 aromatic carbocycles. The summed E-state index contributed by atoms with van der Waals surface area (Å²) in [4.78, 5) is 0. The van der Waals surface area contributed by atoms with Crippen LogP contribution < -0.4 is 9.47 Å². The SMILES string of the molecule is COc1ccc(-c2[c]c3cc(OC)ccc3n2C)cc1. The van der Waals surface area contributed by atoms with Gasteiger partial charge in [0, 0.05) is 24.0 Å². The smallest absolute Gasteiger partial charge is 0.119 e. The molecule has 0 amide bonds. The number of hydrogen-bond acceptors (Lipinski definition) is 2. The summed E-state index contributed by atoms with van der Waals surface area (Å²) in [5.41, 5.74) is 3.30. The second-order valence-corrected chi connectivity index (χ2v) is 4.64. The Hall–Kier alpha value is -2.42. The fraction of sp³-hybridized carbons (Fsp3) is 0.176. The number of nitrogens with zero attached hydrogens (tertiary/aromatic N) is 1. The Morgan fingerprint density at radius 3 is 2.20 bits per heavy atom. The van der Waals surface area contributed by atoms with Crippen molar-refractivity contribution in [3.05, 3.63) is 48.5 Å². The van der Waals surface area contributed by atoms with Gasteiger partial charge in [0.2, 0.25) is 0 Å². The molecule has 0 saturated heterocycles. The van der Waals surface area contributed by atoms with E-state index in [0.29, 0.717) is 0 Å². The van der Waals surface area contributed by atoms with E-state index in [-0.39, 0.29) is 0 Å². The molecule has 3 nitrogen and oxygen atoms in total. The van der Waals surface area contributed by atoms with Crippen LogP contribution in [0.4, 0.5) is 0 Å². The third-order valence-corrected chi connectivity index (χ3v) is 3.52. The quantitative estimate of drug-likeness (QED) is 0.722. The number of benzene rings is 2. The molecule has 0 unspecified atom stereocenters. The van der Waals surface area contributed by atoms with Crippen molar-refractivity contribution >= 4 is 10.9 Å². The fourth-order valence-electron chi connectivity index (χ4n) is 2.38. The third-order valence-electron chi connectivity index (χ3n) is 3.52. The highest BCUT2D eigenvalue weighted by Crippen LogP contribution is 2.29. The van der Waals surface area contributed by atoms with E-state index >= 15 is 0 Å². The topological polar surface area (TPSA) is 23.4 Å². The Morgan fingerprint density at radius 1 is 0.900 bits per heavy atom. The average Bonchev–Trinajstić information content (AvgIpc) is 2.84. The van der Waals surface area contributed by atoms with Crippen molar-refractivity contribution in [3.8, 4) is 22.8 Å². The number of methoxy groups -OCH3 is 2. The van der Waals surface area contributed by atoms with Gasteiger partial charge in [-0.15, -0.1) is 0 Å². The second-order valence-electron chi connectivity index (χ2n) is 4.64. The molecule has 0 aliphatic carbocycles. The molecule has 0 saturated carbocycles. The maximum absolute atomic E-state index is 5.26. The van der Waals surface area contributed by atoms with Crippen LogP contribution >= 0.6 is 0 Å². The van der Waals surface area contributed by atoms with Crippen molar-refractivity contribution in [3.63, 3.8) is 0 Å². The molecule has 0 atom stereocenters. The second kappa shape index (κ2) is 4.93. The zero-order chi connectivity index (χ0) is 14.1. The van der Waals surface area contributed by atoms with Gasteiger partial charge in [0.25, 0.3) is 0 Å². The number of rotatable bonds is 3. The molecule has 101 valence electrons. The summed E-state index contributed by atoms with van der Waals surface area (Å²) in [6, 6.07) is 17.5. The van der Waals surface area contributed by atoms with Crippen LogP contribution in [0, 0.1) is 6.07 Å². The molecule has 0 aliphatic heterocycles. The molecule has 0 spiro atoms. The number of ether oxygens (including phenoxy) is 2. The summed E-state index contributed by atoms with van der Waals surface area (Å²) < 4.78 is 12.6. The zero-order valence-electron chi connectivity index (χ0n) is 11.8. The highest BCUT2D eigenvalue weighted by Gasteiger charge is 2.09. The van der Waals surface area contributed by atoms with Gasteiger partial charge in [0.1, 0.15) is 11.5 Å². The molecule has 0 N–H and O–H groups in total. The first kappa shape index (κ1) is 12.6. The van der Waals surface area contributed by atoms with Crippen LogP contribution in [0.3, 0.4) is 0 Å². The molecular weight excluding hydrogens is 250 g/mol. The van der Waals surface area contributed by atoms with Crippen LogP contribution in [0.1, 0.15) is 0 Å². The summed E-state index contributed by atoms with van der Waals surface area (Å²) >= 11 is 0. The van der Waals surface area contributed by atoms with E-state index in [1.54, 1.807) is 14.2 Å². The molecule has 1 heterocycles. The van der Waals surface area contributed by atoms with E-state index in [1.165, 1.54) is 0 Å². The predicted octanol–water partition coefficient (Wildman–Crippen LogP) is 3.66. The van der Waals surface area contributed by atoms with E-state index in [1.807, 2.05) is 43.4 Å².